The van der Waals surface area contributed by atoms with Crippen molar-refractivity contribution in [3.8, 4) is 5.75 Å². The van der Waals surface area contributed by atoms with Crippen molar-refractivity contribution >= 4 is 16.8 Å². The van der Waals surface area contributed by atoms with Gasteiger partial charge in [-0.1, -0.05) is 36.4 Å². The van der Waals surface area contributed by atoms with E-state index in [1.54, 1.807) is 0 Å². The summed E-state index contributed by atoms with van der Waals surface area (Å²) in [7, 11) is 0. The van der Waals surface area contributed by atoms with Crippen molar-refractivity contribution in [3.05, 3.63) is 48.0 Å². The van der Waals surface area contributed by atoms with Gasteiger partial charge >= 0.3 is 0 Å². The number of ether oxygens (including phenoxy) is 1. The normalized spacial score (nSPS) is 16.9. The fourth-order valence-electron chi connectivity index (χ4n) is 2.14. The monoisotopic (exact) mass is 210 g/mol. The van der Waals surface area contributed by atoms with Crippen molar-refractivity contribution in [2.24, 2.45) is 0 Å². The second-order valence-corrected chi connectivity index (χ2v) is 4.74. The van der Waals surface area contributed by atoms with Gasteiger partial charge in [0.05, 0.1) is 0 Å². The highest BCUT2D eigenvalue weighted by molar-refractivity contribution is 5.93. The first kappa shape index (κ1) is 9.46. The van der Waals surface area contributed by atoms with Gasteiger partial charge < -0.3 is 4.74 Å². The van der Waals surface area contributed by atoms with Gasteiger partial charge in [0.25, 0.3) is 0 Å². The average molecular weight is 210 g/mol. The van der Waals surface area contributed by atoms with Crippen molar-refractivity contribution in [2.75, 3.05) is 0 Å². The highest BCUT2D eigenvalue weighted by atomic mass is 16.5. The maximum atomic E-state index is 5.94. The topological polar surface area (TPSA) is 9.23 Å². The molecule has 2 aromatic rings. The Hall–Kier alpha value is -1.76. The SMILES string of the molecule is CC1(C)C=Cc2c(ccc3ccccc23)O1. The smallest absolute Gasteiger partial charge is 0.128 e. The zero-order valence-electron chi connectivity index (χ0n) is 9.53. The Morgan fingerprint density at radius 2 is 1.81 bits per heavy atom. The zero-order chi connectivity index (χ0) is 11.2. The molecule has 2 aromatic carbocycles. The Morgan fingerprint density at radius 3 is 2.69 bits per heavy atom. The first-order valence-corrected chi connectivity index (χ1v) is 5.56. The van der Waals surface area contributed by atoms with E-state index < -0.39 is 0 Å². The summed E-state index contributed by atoms with van der Waals surface area (Å²) in [4.78, 5) is 0. The third-order valence-corrected chi connectivity index (χ3v) is 2.96. The molecule has 0 fully saturated rings. The largest absolute Gasteiger partial charge is 0.483 e. The molecule has 16 heavy (non-hydrogen) atoms. The van der Waals surface area contributed by atoms with E-state index in [1.165, 1.54) is 16.3 Å². The van der Waals surface area contributed by atoms with Crippen LogP contribution in [0.15, 0.2) is 42.5 Å². The summed E-state index contributed by atoms with van der Waals surface area (Å²) in [6, 6.07) is 12.6. The number of benzene rings is 2. The lowest BCUT2D eigenvalue weighted by Gasteiger charge is -2.28. The number of hydrogen-bond donors (Lipinski definition) is 0. The average Bonchev–Trinajstić information content (AvgIpc) is 2.27. The van der Waals surface area contributed by atoms with Gasteiger partial charge in [0.15, 0.2) is 0 Å². The maximum Gasteiger partial charge on any atom is 0.128 e. The number of rotatable bonds is 0. The van der Waals surface area contributed by atoms with Crippen molar-refractivity contribution < 1.29 is 4.74 Å². The van der Waals surface area contributed by atoms with Crippen molar-refractivity contribution in [2.45, 2.75) is 19.4 Å². The molecule has 0 aliphatic carbocycles. The van der Waals surface area contributed by atoms with Gasteiger partial charge in [0, 0.05) is 5.56 Å². The third-order valence-electron chi connectivity index (χ3n) is 2.96. The van der Waals surface area contributed by atoms with Crippen LogP contribution in [0.3, 0.4) is 0 Å². The molecule has 1 aliphatic rings. The summed E-state index contributed by atoms with van der Waals surface area (Å²) in [6.45, 7) is 4.14. The van der Waals surface area contributed by atoms with Gasteiger partial charge in [0.2, 0.25) is 0 Å². The van der Waals surface area contributed by atoms with E-state index in [2.05, 4.69) is 62.4 Å². The predicted molar refractivity (Wildman–Crippen MR) is 67.7 cm³/mol. The summed E-state index contributed by atoms with van der Waals surface area (Å²) >= 11 is 0. The lowest BCUT2D eigenvalue weighted by molar-refractivity contribution is 0.159. The van der Waals surface area contributed by atoms with Crippen molar-refractivity contribution in [1.29, 1.82) is 0 Å². The molecule has 0 radical (unpaired) electrons. The van der Waals surface area contributed by atoms with E-state index in [0.717, 1.165) is 5.75 Å². The van der Waals surface area contributed by atoms with Crippen LogP contribution in [0.25, 0.3) is 16.8 Å². The van der Waals surface area contributed by atoms with E-state index >= 15 is 0 Å². The highest BCUT2D eigenvalue weighted by Gasteiger charge is 2.22. The minimum Gasteiger partial charge on any atom is -0.483 e. The van der Waals surface area contributed by atoms with Gasteiger partial charge in [-0.05, 0) is 36.8 Å². The van der Waals surface area contributed by atoms with Crippen LogP contribution in [0.5, 0.6) is 5.75 Å². The van der Waals surface area contributed by atoms with Crippen LogP contribution in [-0.4, -0.2) is 5.60 Å². The van der Waals surface area contributed by atoms with Crippen LogP contribution in [0.4, 0.5) is 0 Å². The summed E-state index contributed by atoms with van der Waals surface area (Å²) in [5.41, 5.74) is 0.993. The Bertz CT molecular complexity index is 579. The lowest BCUT2D eigenvalue weighted by Crippen LogP contribution is -2.27. The summed E-state index contributed by atoms with van der Waals surface area (Å²) in [6.07, 6.45) is 4.28. The predicted octanol–water partition coefficient (Wildman–Crippen LogP) is 4.02. The molecule has 0 spiro atoms. The Morgan fingerprint density at radius 1 is 1.00 bits per heavy atom. The quantitative estimate of drug-likeness (QED) is 0.638. The van der Waals surface area contributed by atoms with Crippen molar-refractivity contribution in [1.82, 2.24) is 0 Å². The zero-order valence-corrected chi connectivity index (χ0v) is 9.53. The maximum absolute atomic E-state index is 5.94. The van der Waals surface area contributed by atoms with Gasteiger partial charge in [-0.15, -0.1) is 0 Å². The molecule has 0 saturated carbocycles. The second-order valence-electron chi connectivity index (χ2n) is 4.74. The van der Waals surface area contributed by atoms with Crippen molar-refractivity contribution in [3.63, 3.8) is 0 Å². The molecule has 1 nitrogen and oxygen atoms in total. The van der Waals surface area contributed by atoms with E-state index in [1.807, 2.05) is 0 Å². The summed E-state index contributed by atoms with van der Waals surface area (Å²) in [5.74, 6) is 0.978. The summed E-state index contributed by atoms with van der Waals surface area (Å²) in [5, 5.41) is 2.51. The van der Waals surface area contributed by atoms with Crippen LogP contribution in [0.2, 0.25) is 0 Å². The molecule has 0 N–H and O–H groups in total. The first-order valence-electron chi connectivity index (χ1n) is 5.56. The minimum atomic E-state index is -0.199. The second kappa shape index (κ2) is 3.11. The van der Waals surface area contributed by atoms with E-state index in [9.17, 15) is 0 Å². The molecule has 80 valence electrons. The molecular formula is C15H14O. The molecule has 0 bridgehead atoms. The molecule has 1 aliphatic heterocycles. The third kappa shape index (κ3) is 1.40. The first-order chi connectivity index (χ1) is 7.66. The molecular weight excluding hydrogens is 196 g/mol. The van der Waals surface area contributed by atoms with Crippen LogP contribution >= 0.6 is 0 Å². The van der Waals surface area contributed by atoms with Crippen LogP contribution in [-0.2, 0) is 0 Å². The van der Waals surface area contributed by atoms with E-state index in [0.29, 0.717) is 0 Å². The molecule has 3 rings (SSSR count). The van der Waals surface area contributed by atoms with Gasteiger partial charge in [0.1, 0.15) is 11.4 Å². The van der Waals surface area contributed by atoms with Gasteiger partial charge in [-0.25, -0.2) is 0 Å². The van der Waals surface area contributed by atoms with E-state index in [4.69, 9.17) is 4.74 Å². The van der Waals surface area contributed by atoms with Crippen LogP contribution in [0, 0.1) is 0 Å². The molecule has 0 amide bonds. The molecule has 1 heterocycles. The fourth-order valence-corrected chi connectivity index (χ4v) is 2.14. The molecule has 0 unspecified atom stereocenters. The Balaban J connectivity index is 2.29. The lowest BCUT2D eigenvalue weighted by atomic mass is 9.97. The number of hydrogen-bond acceptors (Lipinski definition) is 1. The Labute approximate surface area is 95.4 Å². The molecule has 1 heteroatoms. The van der Waals surface area contributed by atoms with E-state index in [-0.39, 0.29) is 5.60 Å². The number of fused-ring (bicyclic) bond motifs is 3. The van der Waals surface area contributed by atoms with Crippen LogP contribution < -0.4 is 4.74 Å². The standard InChI is InChI=1S/C15H14O/c1-15(2)10-9-13-12-6-4-3-5-11(12)7-8-14(13)16-15/h3-10H,1-2H3. The molecule has 0 saturated heterocycles. The van der Waals surface area contributed by atoms with Gasteiger partial charge in [-0.3, -0.25) is 0 Å². The van der Waals surface area contributed by atoms with Crippen LogP contribution in [0.1, 0.15) is 19.4 Å². The van der Waals surface area contributed by atoms with Gasteiger partial charge in [-0.2, -0.15) is 0 Å². The molecule has 0 atom stereocenters. The summed E-state index contributed by atoms with van der Waals surface area (Å²) < 4.78 is 5.94. The minimum absolute atomic E-state index is 0.199. The fraction of sp³-hybridized carbons (Fsp3) is 0.200. The Kier molecular flexibility index (Phi) is 1.84. The molecule has 0 aromatic heterocycles. The highest BCUT2D eigenvalue weighted by Crippen LogP contribution is 2.35.